The van der Waals surface area contributed by atoms with E-state index in [2.05, 4.69) is 135 Å². The van der Waals surface area contributed by atoms with Crippen molar-refractivity contribution in [2.45, 2.75) is 13.8 Å². The van der Waals surface area contributed by atoms with Gasteiger partial charge >= 0.3 is 0 Å². The molecule has 0 aliphatic heterocycles. The summed E-state index contributed by atoms with van der Waals surface area (Å²) in [6.07, 6.45) is 0. The summed E-state index contributed by atoms with van der Waals surface area (Å²) >= 11 is 0. The highest BCUT2D eigenvalue weighted by atomic mass is 31.1. The van der Waals surface area contributed by atoms with E-state index in [1.165, 1.54) is 31.8 Å². The third-order valence-electron chi connectivity index (χ3n) is 5.25. The number of hydrogen-bond acceptors (Lipinski definition) is 0. The van der Waals surface area contributed by atoms with Crippen molar-refractivity contribution in [1.29, 1.82) is 0 Å². The van der Waals surface area contributed by atoms with E-state index in [0.717, 1.165) is 0 Å². The van der Waals surface area contributed by atoms with Gasteiger partial charge in [-0.3, -0.25) is 0 Å². The van der Waals surface area contributed by atoms with Gasteiger partial charge in [0.1, 0.15) is 0 Å². The number of hydrogen-bond donors (Lipinski definition) is 0. The zero-order chi connectivity index (χ0) is 20.8. The van der Waals surface area contributed by atoms with Crippen LogP contribution in [-0.2, 0) is 0 Å². The van der Waals surface area contributed by atoms with E-state index in [1.807, 2.05) is 0 Å². The summed E-state index contributed by atoms with van der Waals surface area (Å²) in [6, 6.07) is 43.9. The van der Waals surface area contributed by atoms with Crippen molar-refractivity contribution in [3.05, 3.63) is 132 Å². The van der Waals surface area contributed by atoms with Crippen LogP contribution in [0.5, 0.6) is 0 Å². The van der Waals surface area contributed by atoms with Gasteiger partial charge < -0.3 is 0 Å². The van der Waals surface area contributed by atoms with Crippen molar-refractivity contribution < 1.29 is 0 Å². The molecule has 0 saturated heterocycles. The quantitative estimate of drug-likeness (QED) is 0.310. The van der Waals surface area contributed by atoms with Gasteiger partial charge in [-0.25, -0.2) is 0 Å². The SMILES string of the molecule is C/C(=C(/C)P(c1ccccc1)c1ccccc1)P(c1ccccc1)c1ccccc1. The summed E-state index contributed by atoms with van der Waals surface area (Å²) < 4.78 is 0. The minimum atomic E-state index is -0.569. The standard InChI is InChI=1S/C28H26P2/c1-23(29(25-15-7-3-8-16-25)26-17-9-4-10-18-26)24(2)30(27-19-11-5-12-20-27)28-21-13-6-14-22-28/h3-22H,1-2H3/b24-23+. The second-order valence-electron chi connectivity index (χ2n) is 7.18. The lowest BCUT2D eigenvalue weighted by atomic mass is 10.4. The molecule has 0 spiro atoms. The molecule has 0 fully saturated rings. The number of benzene rings is 4. The summed E-state index contributed by atoms with van der Waals surface area (Å²) in [5, 5.41) is 8.64. The first-order valence-electron chi connectivity index (χ1n) is 10.2. The Balaban J connectivity index is 1.88. The van der Waals surface area contributed by atoms with Crippen LogP contribution in [0.15, 0.2) is 132 Å². The molecule has 0 bridgehead atoms. The predicted octanol–water partition coefficient (Wildman–Crippen LogP) is 6.50. The zero-order valence-corrected chi connectivity index (χ0v) is 19.2. The molecular weight excluding hydrogens is 398 g/mol. The van der Waals surface area contributed by atoms with Gasteiger partial charge in [0.25, 0.3) is 0 Å². The van der Waals surface area contributed by atoms with Crippen LogP contribution in [0, 0.1) is 0 Å². The molecule has 148 valence electrons. The Kier molecular flexibility index (Phi) is 6.91. The Hall–Kier alpha value is -2.52. The van der Waals surface area contributed by atoms with Crippen LogP contribution in [0.1, 0.15) is 13.8 Å². The van der Waals surface area contributed by atoms with Crippen molar-refractivity contribution in [1.82, 2.24) is 0 Å². The van der Waals surface area contributed by atoms with Crippen LogP contribution >= 0.6 is 15.8 Å². The molecule has 0 unspecified atom stereocenters. The predicted molar refractivity (Wildman–Crippen MR) is 137 cm³/mol. The van der Waals surface area contributed by atoms with Crippen LogP contribution < -0.4 is 21.2 Å². The van der Waals surface area contributed by atoms with E-state index in [-0.39, 0.29) is 0 Å². The lowest BCUT2D eigenvalue weighted by Crippen LogP contribution is -2.16. The second-order valence-corrected chi connectivity index (χ2v) is 11.9. The minimum absolute atomic E-state index is 0.569. The molecule has 0 aliphatic rings. The fourth-order valence-electron chi connectivity index (χ4n) is 3.70. The van der Waals surface area contributed by atoms with Crippen LogP contribution in [0.25, 0.3) is 0 Å². The highest BCUT2D eigenvalue weighted by molar-refractivity contribution is 7.80. The van der Waals surface area contributed by atoms with Crippen LogP contribution in [0.2, 0.25) is 0 Å². The third kappa shape index (κ3) is 4.62. The van der Waals surface area contributed by atoms with Gasteiger partial charge in [-0.1, -0.05) is 121 Å². The lowest BCUT2D eigenvalue weighted by Gasteiger charge is -2.27. The normalized spacial score (nSPS) is 12.1. The molecule has 0 nitrogen and oxygen atoms in total. The average molecular weight is 424 g/mol. The highest BCUT2D eigenvalue weighted by Crippen LogP contribution is 2.53. The Morgan fingerprint density at radius 2 is 0.567 bits per heavy atom. The molecule has 4 aromatic carbocycles. The number of allylic oxidation sites excluding steroid dienone is 2. The first-order chi connectivity index (χ1) is 14.8. The average Bonchev–Trinajstić information content (AvgIpc) is 2.82. The minimum Gasteiger partial charge on any atom is -0.0622 e. The first-order valence-corrected chi connectivity index (χ1v) is 12.9. The van der Waals surface area contributed by atoms with Gasteiger partial charge in [-0.2, -0.15) is 0 Å². The molecular formula is C28H26P2. The Morgan fingerprint density at radius 3 is 0.767 bits per heavy atom. The van der Waals surface area contributed by atoms with Gasteiger partial charge in [0.05, 0.1) is 0 Å². The molecule has 0 atom stereocenters. The number of rotatable bonds is 6. The molecule has 0 N–H and O–H groups in total. The van der Waals surface area contributed by atoms with E-state index in [0.29, 0.717) is 0 Å². The topological polar surface area (TPSA) is 0 Å². The smallest absolute Gasteiger partial charge is 0.0154 e. The van der Waals surface area contributed by atoms with Crippen molar-refractivity contribution in [3.8, 4) is 0 Å². The highest BCUT2D eigenvalue weighted by Gasteiger charge is 2.23. The van der Waals surface area contributed by atoms with Gasteiger partial charge in [-0.15, -0.1) is 0 Å². The summed E-state index contributed by atoms with van der Waals surface area (Å²) in [6.45, 7) is 4.70. The molecule has 0 saturated carbocycles. The first kappa shape index (κ1) is 20.7. The zero-order valence-electron chi connectivity index (χ0n) is 17.4. The van der Waals surface area contributed by atoms with Gasteiger partial charge in [0.15, 0.2) is 0 Å². The Bertz CT molecular complexity index is 918. The van der Waals surface area contributed by atoms with Crippen LogP contribution in [0.4, 0.5) is 0 Å². The molecule has 0 aromatic heterocycles. The summed E-state index contributed by atoms with van der Waals surface area (Å²) in [7, 11) is -1.14. The Morgan fingerprint density at radius 1 is 0.367 bits per heavy atom. The summed E-state index contributed by atoms with van der Waals surface area (Å²) in [4.78, 5) is 0. The maximum atomic E-state index is 2.35. The van der Waals surface area contributed by atoms with Crippen LogP contribution in [0.3, 0.4) is 0 Å². The van der Waals surface area contributed by atoms with Crippen LogP contribution in [-0.4, -0.2) is 0 Å². The van der Waals surface area contributed by atoms with E-state index in [1.54, 1.807) is 0 Å². The van der Waals surface area contributed by atoms with Gasteiger partial charge in [0, 0.05) is 0 Å². The molecule has 30 heavy (non-hydrogen) atoms. The molecule has 0 heterocycles. The van der Waals surface area contributed by atoms with Gasteiger partial charge in [0.2, 0.25) is 0 Å². The monoisotopic (exact) mass is 424 g/mol. The van der Waals surface area contributed by atoms with E-state index in [4.69, 9.17) is 0 Å². The molecule has 2 heteroatoms. The lowest BCUT2D eigenvalue weighted by molar-refractivity contribution is 1.53. The van der Waals surface area contributed by atoms with Crippen molar-refractivity contribution in [2.75, 3.05) is 0 Å². The molecule has 0 amide bonds. The summed E-state index contributed by atoms with van der Waals surface area (Å²) in [5.74, 6) is 0. The van der Waals surface area contributed by atoms with Crippen molar-refractivity contribution in [2.24, 2.45) is 0 Å². The molecule has 4 aromatic rings. The van der Waals surface area contributed by atoms with Crippen molar-refractivity contribution in [3.63, 3.8) is 0 Å². The second kappa shape index (κ2) is 9.99. The fourth-order valence-corrected chi connectivity index (χ4v) is 8.98. The molecule has 0 aliphatic carbocycles. The molecule has 4 rings (SSSR count). The molecule has 0 radical (unpaired) electrons. The largest absolute Gasteiger partial charge is 0.0622 e. The maximum absolute atomic E-state index is 2.35. The maximum Gasteiger partial charge on any atom is -0.0154 e. The third-order valence-corrected chi connectivity index (χ3v) is 10.7. The van der Waals surface area contributed by atoms with E-state index in [9.17, 15) is 0 Å². The summed E-state index contributed by atoms with van der Waals surface area (Å²) in [5.41, 5.74) is 0. The van der Waals surface area contributed by atoms with Gasteiger partial charge in [-0.05, 0) is 61.5 Å². The van der Waals surface area contributed by atoms with E-state index >= 15 is 0 Å². The van der Waals surface area contributed by atoms with E-state index < -0.39 is 15.8 Å². The fraction of sp³-hybridized carbons (Fsp3) is 0.0714. The van der Waals surface area contributed by atoms with Crippen molar-refractivity contribution >= 4 is 37.1 Å². The Labute approximate surface area is 182 Å².